The van der Waals surface area contributed by atoms with Gasteiger partial charge in [-0.15, -0.1) is 0 Å². The molecule has 3 atom stereocenters. The lowest BCUT2D eigenvalue weighted by Crippen LogP contribution is -2.58. The van der Waals surface area contributed by atoms with Gasteiger partial charge >= 0.3 is 12.0 Å². The second kappa shape index (κ2) is 11.5. The first-order valence-electron chi connectivity index (χ1n) is 16.0. The number of hydrogen-bond acceptors (Lipinski definition) is 9. The average molecular weight is 687 g/mol. The second-order valence-electron chi connectivity index (χ2n) is 13.0. The smallest absolute Gasteiger partial charge is 0.320 e. The van der Waals surface area contributed by atoms with Crippen LogP contribution in [0.4, 0.5) is 28.9 Å². The quantitative estimate of drug-likeness (QED) is 0.285. The van der Waals surface area contributed by atoms with Gasteiger partial charge < -0.3 is 25.2 Å². The largest absolute Gasteiger partial charge is 0.461 e. The van der Waals surface area contributed by atoms with Gasteiger partial charge in [0.05, 0.1) is 20.8 Å². The van der Waals surface area contributed by atoms with Crippen molar-refractivity contribution in [2.24, 2.45) is 0 Å². The molecule has 0 bridgehead atoms. The number of halogens is 4. The maximum Gasteiger partial charge on any atom is 0.320 e. The lowest BCUT2D eigenvalue weighted by Gasteiger charge is -2.44. The summed E-state index contributed by atoms with van der Waals surface area (Å²) in [5.74, 6) is -0.814. The summed E-state index contributed by atoms with van der Waals surface area (Å²) >= 11 is 7.78. The number of nitrogen functional groups attached to an aromatic ring is 1. The van der Waals surface area contributed by atoms with Gasteiger partial charge in [-0.1, -0.05) is 22.9 Å². The number of nitrogens with two attached hydrogens (primary N) is 1. The van der Waals surface area contributed by atoms with Crippen LogP contribution < -0.4 is 15.4 Å². The SMILES string of the molecule is C[C@@H]1CCN1C(=O)N1CCN(c2nc(OC[C@@]34CCCN3C[C@H](F)C4)nc3c(F)c(-c4ccc(F)c5sc(N)nc45)c(Cl)cc23)CC1. The number of fused-ring (bicyclic) bond motifs is 3. The van der Waals surface area contributed by atoms with Crippen LogP contribution in [0.15, 0.2) is 18.2 Å². The molecule has 0 saturated carbocycles. The fraction of sp³-hybridized carbons (Fsp3) is 0.500. The summed E-state index contributed by atoms with van der Waals surface area (Å²) in [6, 6.07) is 4.51. The number of carbonyl (C=O) groups is 1. The molecule has 47 heavy (non-hydrogen) atoms. The minimum absolute atomic E-state index is 0.0146. The Bertz CT molecular complexity index is 1910. The van der Waals surface area contributed by atoms with E-state index in [4.69, 9.17) is 27.1 Å². The Balaban J connectivity index is 1.19. The Kier molecular flexibility index (Phi) is 7.52. The van der Waals surface area contributed by atoms with E-state index in [2.05, 4.69) is 14.9 Å². The van der Waals surface area contributed by atoms with E-state index in [0.717, 1.165) is 43.7 Å². The van der Waals surface area contributed by atoms with Gasteiger partial charge in [0, 0.05) is 68.2 Å². The summed E-state index contributed by atoms with van der Waals surface area (Å²) in [7, 11) is 0. The molecule has 0 aliphatic carbocycles. The molecule has 0 spiro atoms. The van der Waals surface area contributed by atoms with Gasteiger partial charge in [0.15, 0.2) is 10.9 Å². The van der Waals surface area contributed by atoms with Crippen LogP contribution in [0.3, 0.4) is 0 Å². The predicted molar refractivity (Wildman–Crippen MR) is 176 cm³/mol. The van der Waals surface area contributed by atoms with Gasteiger partial charge in [0.1, 0.15) is 29.9 Å². The van der Waals surface area contributed by atoms with Crippen molar-refractivity contribution >= 4 is 61.0 Å². The molecule has 4 aromatic rings. The predicted octanol–water partition coefficient (Wildman–Crippen LogP) is 5.71. The number of carbonyl (C=O) groups excluding carboxylic acids is 1. The maximum absolute atomic E-state index is 16.8. The van der Waals surface area contributed by atoms with Gasteiger partial charge in [-0.25, -0.2) is 22.9 Å². The van der Waals surface area contributed by atoms with Crippen molar-refractivity contribution in [1.29, 1.82) is 0 Å². The summed E-state index contributed by atoms with van der Waals surface area (Å²) in [6.45, 7) is 5.99. The molecule has 2 aromatic heterocycles. The molecule has 6 heterocycles. The molecule has 15 heteroatoms. The first kappa shape index (κ1) is 30.7. The minimum Gasteiger partial charge on any atom is -0.461 e. The average Bonchev–Trinajstić information content (AvgIpc) is 3.72. The summed E-state index contributed by atoms with van der Waals surface area (Å²) < 4.78 is 52.4. The van der Waals surface area contributed by atoms with E-state index in [-0.39, 0.29) is 61.7 Å². The van der Waals surface area contributed by atoms with Crippen LogP contribution in [0.2, 0.25) is 5.02 Å². The number of piperazine rings is 1. The van der Waals surface area contributed by atoms with Gasteiger partial charge in [-0.3, -0.25) is 4.90 Å². The number of rotatable bonds is 5. The maximum atomic E-state index is 16.8. The topological polar surface area (TPSA) is 104 Å². The molecule has 0 unspecified atom stereocenters. The van der Waals surface area contributed by atoms with Gasteiger partial charge in [0.2, 0.25) is 0 Å². The summed E-state index contributed by atoms with van der Waals surface area (Å²) in [6.07, 6.45) is 2.18. The molecule has 4 saturated heterocycles. The monoisotopic (exact) mass is 686 g/mol. The molecule has 4 aliphatic rings. The second-order valence-corrected chi connectivity index (χ2v) is 14.5. The number of anilines is 2. The van der Waals surface area contributed by atoms with Crippen LogP contribution in [0.25, 0.3) is 32.2 Å². The zero-order valence-corrected chi connectivity index (χ0v) is 27.4. The van der Waals surface area contributed by atoms with Crippen molar-refractivity contribution in [3.05, 3.63) is 34.9 Å². The number of thiazole rings is 1. The van der Waals surface area contributed by atoms with E-state index in [9.17, 15) is 13.6 Å². The number of amides is 2. The number of likely N-dealkylation sites (tertiary alicyclic amines) is 1. The molecule has 2 aromatic carbocycles. The van der Waals surface area contributed by atoms with E-state index in [1.165, 1.54) is 12.1 Å². The highest BCUT2D eigenvalue weighted by Gasteiger charge is 2.49. The third-order valence-electron chi connectivity index (χ3n) is 10.3. The third kappa shape index (κ3) is 5.10. The van der Waals surface area contributed by atoms with Crippen LogP contribution in [-0.4, -0.2) is 106 Å². The number of nitrogens with zero attached hydrogens (tertiary/aromatic N) is 7. The van der Waals surface area contributed by atoms with Gasteiger partial charge in [-0.2, -0.15) is 9.97 Å². The minimum atomic E-state index is -0.931. The van der Waals surface area contributed by atoms with Crippen molar-refractivity contribution in [3.8, 4) is 17.1 Å². The Morgan fingerprint density at radius 2 is 1.94 bits per heavy atom. The van der Waals surface area contributed by atoms with Gasteiger partial charge in [-0.05, 0) is 50.9 Å². The number of aromatic nitrogens is 3. The highest BCUT2D eigenvalue weighted by Crippen LogP contribution is 2.44. The number of urea groups is 1. The molecule has 2 amide bonds. The highest BCUT2D eigenvalue weighted by atomic mass is 35.5. The van der Waals surface area contributed by atoms with Crippen LogP contribution in [0.5, 0.6) is 6.01 Å². The van der Waals surface area contributed by atoms with Gasteiger partial charge in [0.25, 0.3) is 0 Å². The van der Waals surface area contributed by atoms with Crippen LogP contribution in [0.1, 0.15) is 32.6 Å². The van der Waals surface area contributed by atoms with Crippen molar-refractivity contribution in [1.82, 2.24) is 29.7 Å². The Hall–Kier alpha value is -3.62. The van der Waals surface area contributed by atoms with Crippen LogP contribution >= 0.6 is 22.9 Å². The first-order chi connectivity index (χ1) is 22.6. The van der Waals surface area contributed by atoms with Crippen LogP contribution in [-0.2, 0) is 0 Å². The number of alkyl halides is 1. The molecular weight excluding hydrogens is 653 g/mol. The first-order valence-corrected chi connectivity index (χ1v) is 17.2. The van der Waals surface area contributed by atoms with Crippen LogP contribution in [0, 0.1) is 11.6 Å². The molecular formula is C32H34ClF3N8O2S. The fourth-order valence-corrected chi connectivity index (χ4v) is 8.70. The number of hydrogen-bond donors (Lipinski definition) is 1. The van der Waals surface area contributed by atoms with E-state index >= 15 is 4.39 Å². The van der Waals surface area contributed by atoms with E-state index < -0.39 is 23.3 Å². The Morgan fingerprint density at radius 3 is 2.68 bits per heavy atom. The van der Waals surface area contributed by atoms with Crippen molar-refractivity contribution in [2.45, 2.75) is 50.4 Å². The van der Waals surface area contributed by atoms with E-state index in [0.29, 0.717) is 50.3 Å². The molecule has 4 fully saturated rings. The molecule has 248 valence electrons. The Labute approximate surface area is 278 Å². The molecule has 8 rings (SSSR count). The summed E-state index contributed by atoms with van der Waals surface area (Å²) in [5.41, 5.74) is 5.94. The molecule has 2 N–H and O–H groups in total. The molecule has 0 radical (unpaired) electrons. The zero-order valence-electron chi connectivity index (χ0n) is 25.8. The Morgan fingerprint density at radius 1 is 1.13 bits per heavy atom. The lowest BCUT2D eigenvalue weighted by molar-refractivity contribution is 0.0906. The number of benzene rings is 2. The third-order valence-corrected chi connectivity index (χ3v) is 11.5. The normalized spacial score (nSPS) is 24.7. The zero-order chi connectivity index (χ0) is 32.6. The summed E-state index contributed by atoms with van der Waals surface area (Å²) in [5, 5.41) is 0.600. The highest BCUT2D eigenvalue weighted by molar-refractivity contribution is 7.22. The fourth-order valence-electron chi connectivity index (χ4n) is 7.65. The van der Waals surface area contributed by atoms with Crippen molar-refractivity contribution in [2.75, 3.05) is 63.1 Å². The standard InChI is InChI=1S/C32H34ClF3N8O2S/c1-17-5-8-44(17)31(45)42-11-9-41(10-12-42)28-20-13-21(33)23(19-3-4-22(35)27-26(19)38-29(37)47-27)24(36)25(20)39-30(40-28)46-16-32-6-2-7-43(32)15-18(34)14-32/h3-4,13,17-18H,2,5-12,14-16H2,1H3,(H2,37,38)/t17-,18-,32+/m1/s1. The van der Waals surface area contributed by atoms with Crippen molar-refractivity contribution < 1.29 is 22.7 Å². The summed E-state index contributed by atoms with van der Waals surface area (Å²) in [4.78, 5) is 34.5. The van der Waals surface area contributed by atoms with E-state index in [1.807, 2.05) is 21.6 Å². The van der Waals surface area contributed by atoms with Crippen molar-refractivity contribution in [3.63, 3.8) is 0 Å². The molecule has 10 nitrogen and oxygen atoms in total. The van der Waals surface area contributed by atoms with E-state index in [1.54, 1.807) is 6.07 Å². The number of ether oxygens (including phenoxy) is 1. The molecule has 4 aliphatic heterocycles. The lowest BCUT2D eigenvalue weighted by atomic mass is 9.95.